The van der Waals surface area contributed by atoms with E-state index in [4.69, 9.17) is 4.98 Å². The molecule has 0 bridgehead atoms. The molecule has 1 unspecified atom stereocenters. The molecule has 4 heteroatoms. The molecule has 1 aromatic heterocycles. The van der Waals surface area contributed by atoms with Crippen LogP contribution in [0, 0.1) is 0 Å². The van der Waals surface area contributed by atoms with Gasteiger partial charge in [-0.05, 0) is 27.3 Å². The number of rotatable bonds is 3. The molecule has 0 amide bonds. The molecule has 2 heterocycles. The summed E-state index contributed by atoms with van der Waals surface area (Å²) in [7, 11) is 2.07. The summed E-state index contributed by atoms with van der Waals surface area (Å²) < 4.78 is 0. The van der Waals surface area contributed by atoms with E-state index in [1.807, 2.05) is 11.3 Å². The second kappa shape index (κ2) is 5.15. The molecule has 3 nitrogen and oxygen atoms in total. The van der Waals surface area contributed by atoms with Gasteiger partial charge in [0.05, 0.1) is 11.2 Å². The van der Waals surface area contributed by atoms with Gasteiger partial charge in [-0.3, -0.25) is 4.90 Å². The molecule has 1 aromatic rings. The van der Waals surface area contributed by atoms with E-state index >= 15 is 0 Å². The van der Waals surface area contributed by atoms with E-state index in [1.165, 1.54) is 10.7 Å². The fourth-order valence-corrected chi connectivity index (χ4v) is 3.88. The first-order chi connectivity index (χ1) is 8.78. The number of thiazole rings is 1. The fourth-order valence-electron chi connectivity index (χ4n) is 2.60. The molecule has 19 heavy (non-hydrogen) atoms. The Bertz CT molecular complexity index is 433. The lowest BCUT2D eigenvalue weighted by Gasteiger charge is -2.28. The number of aromatic nitrogens is 1. The Morgan fingerprint density at radius 2 is 2.11 bits per heavy atom. The van der Waals surface area contributed by atoms with Crippen LogP contribution in [0.1, 0.15) is 51.7 Å². The van der Waals surface area contributed by atoms with Crippen LogP contribution in [0.4, 0.5) is 0 Å². The Balaban J connectivity index is 2.26. The molecule has 0 aromatic carbocycles. The van der Waals surface area contributed by atoms with Gasteiger partial charge in [0.2, 0.25) is 0 Å². The van der Waals surface area contributed by atoms with Crippen molar-refractivity contribution in [2.45, 2.75) is 58.0 Å². The zero-order valence-corrected chi connectivity index (χ0v) is 13.9. The second-order valence-electron chi connectivity index (χ2n) is 6.93. The molecule has 0 spiro atoms. The lowest BCUT2D eigenvalue weighted by atomic mass is 9.93. The Kier molecular flexibility index (Phi) is 4.05. The van der Waals surface area contributed by atoms with Crippen LogP contribution >= 0.6 is 11.3 Å². The highest BCUT2D eigenvalue weighted by atomic mass is 32.1. The summed E-state index contributed by atoms with van der Waals surface area (Å²) in [4.78, 5) is 7.47. The molecule has 1 aliphatic rings. The van der Waals surface area contributed by atoms with E-state index in [2.05, 4.69) is 57.3 Å². The third-order valence-corrected chi connectivity index (χ3v) is 5.24. The largest absolute Gasteiger partial charge is 0.307 e. The first-order valence-corrected chi connectivity index (χ1v) is 8.06. The van der Waals surface area contributed by atoms with Crippen molar-refractivity contribution in [3.8, 4) is 0 Å². The molecule has 0 radical (unpaired) electrons. The SMILES string of the molecule is CNC1(c2nc(C(C)(C)C)cs2)CCN(C(C)C)C1. The van der Waals surface area contributed by atoms with Gasteiger partial charge in [0.15, 0.2) is 0 Å². The van der Waals surface area contributed by atoms with Gasteiger partial charge in [0.25, 0.3) is 0 Å². The van der Waals surface area contributed by atoms with Crippen molar-refractivity contribution in [3.05, 3.63) is 16.1 Å². The van der Waals surface area contributed by atoms with E-state index in [0.717, 1.165) is 19.5 Å². The molecule has 0 saturated carbocycles. The van der Waals surface area contributed by atoms with Crippen molar-refractivity contribution >= 4 is 11.3 Å². The van der Waals surface area contributed by atoms with E-state index in [9.17, 15) is 0 Å². The predicted octanol–water partition coefficient (Wildman–Crippen LogP) is 2.97. The summed E-state index contributed by atoms with van der Waals surface area (Å²) in [5.41, 5.74) is 1.41. The Labute approximate surface area is 121 Å². The Hall–Kier alpha value is -0.450. The van der Waals surface area contributed by atoms with Gasteiger partial charge in [0, 0.05) is 29.9 Å². The minimum absolute atomic E-state index is 0.0540. The summed E-state index contributed by atoms with van der Waals surface area (Å²) in [6.45, 7) is 13.5. The van der Waals surface area contributed by atoms with Crippen LogP contribution in [0.2, 0.25) is 0 Å². The Morgan fingerprint density at radius 3 is 2.53 bits per heavy atom. The van der Waals surface area contributed by atoms with Gasteiger partial charge in [-0.25, -0.2) is 4.98 Å². The number of nitrogens with one attached hydrogen (secondary N) is 1. The number of likely N-dealkylation sites (tertiary alicyclic amines) is 1. The molecular formula is C15H27N3S. The smallest absolute Gasteiger partial charge is 0.114 e. The summed E-state index contributed by atoms with van der Waals surface area (Å²) in [6, 6.07) is 0.609. The first-order valence-electron chi connectivity index (χ1n) is 7.18. The maximum Gasteiger partial charge on any atom is 0.114 e. The summed E-state index contributed by atoms with van der Waals surface area (Å²) in [5.74, 6) is 0. The first kappa shape index (κ1) is 14.9. The van der Waals surface area contributed by atoms with Gasteiger partial charge in [-0.2, -0.15) is 0 Å². The fraction of sp³-hybridized carbons (Fsp3) is 0.800. The van der Waals surface area contributed by atoms with Gasteiger partial charge < -0.3 is 5.32 Å². The topological polar surface area (TPSA) is 28.2 Å². The van der Waals surface area contributed by atoms with Crippen LogP contribution in [-0.4, -0.2) is 36.1 Å². The average molecular weight is 281 g/mol. The molecule has 1 aliphatic heterocycles. The maximum atomic E-state index is 4.93. The van der Waals surface area contributed by atoms with Crippen LogP contribution in [0.3, 0.4) is 0 Å². The van der Waals surface area contributed by atoms with Crippen molar-refractivity contribution in [1.29, 1.82) is 0 Å². The minimum atomic E-state index is 0.0540. The highest BCUT2D eigenvalue weighted by molar-refractivity contribution is 7.09. The highest BCUT2D eigenvalue weighted by Crippen LogP contribution is 2.36. The van der Waals surface area contributed by atoms with Crippen molar-refractivity contribution in [2.75, 3.05) is 20.1 Å². The van der Waals surface area contributed by atoms with E-state index in [1.54, 1.807) is 0 Å². The molecule has 2 rings (SSSR count). The van der Waals surface area contributed by atoms with Crippen LogP contribution < -0.4 is 5.32 Å². The quantitative estimate of drug-likeness (QED) is 0.923. The summed E-state index contributed by atoms with van der Waals surface area (Å²) in [6.07, 6.45) is 1.15. The molecular weight excluding hydrogens is 254 g/mol. The van der Waals surface area contributed by atoms with Gasteiger partial charge in [-0.1, -0.05) is 20.8 Å². The molecule has 1 saturated heterocycles. The standard InChI is InChI=1S/C15H27N3S/c1-11(2)18-8-7-15(10-18,16-6)13-17-12(9-19-13)14(3,4)5/h9,11,16H,7-8,10H2,1-6H3. The monoisotopic (exact) mass is 281 g/mol. The Morgan fingerprint density at radius 1 is 1.42 bits per heavy atom. The number of likely N-dealkylation sites (N-methyl/N-ethyl adjacent to an activating group) is 1. The zero-order valence-electron chi connectivity index (χ0n) is 13.1. The van der Waals surface area contributed by atoms with Gasteiger partial charge >= 0.3 is 0 Å². The molecule has 1 fully saturated rings. The summed E-state index contributed by atoms with van der Waals surface area (Å²) >= 11 is 1.81. The highest BCUT2D eigenvalue weighted by Gasteiger charge is 2.41. The number of nitrogens with zero attached hydrogens (tertiary/aromatic N) is 2. The molecule has 0 aliphatic carbocycles. The molecule has 108 valence electrons. The lowest BCUT2D eigenvalue weighted by molar-refractivity contribution is 0.245. The average Bonchev–Trinajstić information content (AvgIpc) is 2.96. The van der Waals surface area contributed by atoms with E-state index in [-0.39, 0.29) is 11.0 Å². The second-order valence-corrected chi connectivity index (χ2v) is 7.79. The van der Waals surface area contributed by atoms with Crippen LogP contribution in [0.5, 0.6) is 0 Å². The summed E-state index contributed by atoms with van der Waals surface area (Å²) in [5, 5.41) is 7.03. The normalized spacial score (nSPS) is 25.4. The minimum Gasteiger partial charge on any atom is -0.307 e. The van der Waals surface area contributed by atoms with Crippen LogP contribution in [0.15, 0.2) is 5.38 Å². The van der Waals surface area contributed by atoms with Gasteiger partial charge in [0.1, 0.15) is 5.01 Å². The van der Waals surface area contributed by atoms with Crippen LogP contribution in [0.25, 0.3) is 0 Å². The third kappa shape index (κ3) is 2.86. The molecule has 1 atom stereocenters. The lowest BCUT2D eigenvalue weighted by Crippen LogP contribution is -2.43. The van der Waals surface area contributed by atoms with E-state index in [0.29, 0.717) is 6.04 Å². The number of hydrogen-bond donors (Lipinski definition) is 1. The van der Waals surface area contributed by atoms with Crippen molar-refractivity contribution < 1.29 is 0 Å². The van der Waals surface area contributed by atoms with Gasteiger partial charge in [-0.15, -0.1) is 11.3 Å². The van der Waals surface area contributed by atoms with Crippen molar-refractivity contribution in [2.24, 2.45) is 0 Å². The zero-order chi connectivity index (χ0) is 14.3. The van der Waals surface area contributed by atoms with Crippen molar-refractivity contribution in [3.63, 3.8) is 0 Å². The number of hydrogen-bond acceptors (Lipinski definition) is 4. The van der Waals surface area contributed by atoms with Crippen molar-refractivity contribution in [1.82, 2.24) is 15.2 Å². The van der Waals surface area contributed by atoms with E-state index < -0.39 is 0 Å². The maximum absolute atomic E-state index is 4.93. The molecule has 1 N–H and O–H groups in total. The predicted molar refractivity (Wildman–Crippen MR) is 82.9 cm³/mol. The van der Waals surface area contributed by atoms with Crippen LogP contribution in [-0.2, 0) is 11.0 Å². The third-order valence-electron chi connectivity index (χ3n) is 4.19.